The normalized spacial score (nSPS) is 20.9. The summed E-state index contributed by atoms with van der Waals surface area (Å²) in [6.07, 6.45) is 6.43. The molecule has 2 atom stereocenters. The molecule has 3 aromatic rings. The van der Waals surface area contributed by atoms with E-state index in [2.05, 4.69) is 15.4 Å². The minimum Gasteiger partial charge on any atom is -0.491 e. The second kappa shape index (κ2) is 10.9. The van der Waals surface area contributed by atoms with E-state index in [1.54, 1.807) is 23.1 Å². The van der Waals surface area contributed by atoms with Gasteiger partial charge in [-0.1, -0.05) is 18.2 Å². The van der Waals surface area contributed by atoms with Gasteiger partial charge in [0.1, 0.15) is 31.1 Å². The molecule has 1 unspecified atom stereocenters. The van der Waals surface area contributed by atoms with Crippen molar-refractivity contribution in [3.8, 4) is 5.75 Å². The lowest BCUT2D eigenvalue weighted by atomic mass is 9.99. The molecule has 0 spiro atoms. The molecule has 3 aliphatic rings. The standard InChI is InChI=1S/C29H30N6O5/c36-26-11-10-25(27(37)32-26)35-15-20-13-22(8-9-24(20)29(35)39)40-16-21-6-3-4-12-34(21)28(38)23-7-2-1-5-19(23)14-33-18-30-17-31-33/h1-2,5,7-9,13,17-18,21,25H,3-4,6,10-12,14-16H2,(H,32,36,37)/t21-,25?/m0/s1. The minimum absolute atomic E-state index is 0.0246. The number of rotatable bonds is 7. The molecule has 0 aliphatic carbocycles. The summed E-state index contributed by atoms with van der Waals surface area (Å²) in [5, 5.41) is 6.50. The smallest absolute Gasteiger partial charge is 0.255 e. The summed E-state index contributed by atoms with van der Waals surface area (Å²) in [5.41, 5.74) is 2.85. The maximum absolute atomic E-state index is 13.7. The van der Waals surface area contributed by atoms with Crippen molar-refractivity contribution in [1.82, 2.24) is 29.9 Å². The van der Waals surface area contributed by atoms with Crippen LogP contribution in [0.2, 0.25) is 0 Å². The maximum atomic E-state index is 13.7. The number of ether oxygens (including phenoxy) is 1. The first kappa shape index (κ1) is 25.7. The Morgan fingerprint density at radius 3 is 2.77 bits per heavy atom. The van der Waals surface area contributed by atoms with Crippen LogP contribution in [0, 0.1) is 0 Å². The van der Waals surface area contributed by atoms with Crippen molar-refractivity contribution in [2.75, 3.05) is 13.2 Å². The van der Waals surface area contributed by atoms with E-state index in [1.807, 2.05) is 35.2 Å². The van der Waals surface area contributed by atoms with Gasteiger partial charge >= 0.3 is 0 Å². The average molecular weight is 543 g/mol. The fraction of sp³-hybridized carbons (Fsp3) is 0.379. The number of carbonyl (C=O) groups is 4. The number of nitrogens with zero attached hydrogens (tertiary/aromatic N) is 5. The number of hydrogen-bond donors (Lipinski definition) is 1. The Labute approximate surface area is 231 Å². The summed E-state index contributed by atoms with van der Waals surface area (Å²) >= 11 is 0. The van der Waals surface area contributed by atoms with Gasteiger partial charge in [0.15, 0.2) is 0 Å². The van der Waals surface area contributed by atoms with E-state index in [9.17, 15) is 19.2 Å². The largest absolute Gasteiger partial charge is 0.491 e. The fourth-order valence-electron chi connectivity index (χ4n) is 5.78. The molecule has 0 radical (unpaired) electrons. The zero-order valence-corrected chi connectivity index (χ0v) is 22.0. The van der Waals surface area contributed by atoms with Gasteiger partial charge in [-0.2, -0.15) is 5.10 Å². The highest BCUT2D eigenvalue weighted by Crippen LogP contribution is 2.31. The first-order chi connectivity index (χ1) is 19.5. The summed E-state index contributed by atoms with van der Waals surface area (Å²) in [6.45, 7) is 1.74. The lowest BCUT2D eigenvalue weighted by Crippen LogP contribution is -2.52. The van der Waals surface area contributed by atoms with Crippen molar-refractivity contribution in [3.05, 3.63) is 77.4 Å². The lowest BCUT2D eigenvalue weighted by Gasteiger charge is -2.36. The molecule has 1 N–H and O–H groups in total. The number of carbonyl (C=O) groups excluding carboxylic acids is 4. The molecule has 3 aliphatic heterocycles. The van der Waals surface area contributed by atoms with Crippen molar-refractivity contribution in [3.63, 3.8) is 0 Å². The Kier molecular flexibility index (Phi) is 7.02. The molecular weight excluding hydrogens is 512 g/mol. The van der Waals surface area contributed by atoms with E-state index < -0.39 is 11.9 Å². The first-order valence-corrected chi connectivity index (χ1v) is 13.6. The molecule has 11 nitrogen and oxygen atoms in total. The Bertz CT molecular complexity index is 1450. The van der Waals surface area contributed by atoms with Gasteiger partial charge in [0.05, 0.1) is 12.6 Å². The van der Waals surface area contributed by atoms with E-state index in [4.69, 9.17) is 4.74 Å². The Balaban J connectivity index is 1.13. The first-order valence-electron chi connectivity index (χ1n) is 13.6. The highest BCUT2D eigenvalue weighted by molar-refractivity contribution is 6.05. The number of fused-ring (bicyclic) bond motifs is 1. The number of piperidine rings is 2. The molecule has 1 aromatic heterocycles. The summed E-state index contributed by atoms with van der Waals surface area (Å²) in [5.74, 6) is -0.372. The number of benzene rings is 2. The van der Waals surface area contributed by atoms with Crippen LogP contribution in [0.1, 0.15) is 63.9 Å². The van der Waals surface area contributed by atoms with Crippen molar-refractivity contribution in [1.29, 1.82) is 0 Å². The van der Waals surface area contributed by atoms with Gasteiger partial charge in [-0.3, -0.25) is 24.5 Å². The molecule has 11 heteroatoms. The van der Waals surface area contributed by atoms with Crippen LogP contribution in [-0.4, -0.2) is 73.4 Å². The van der Waals surface area contributed by atoms with Crippen molar-refractivity contribution in [2.45, 2.75) is 57.3 Å². The molecule has 4 heterocycles. The van der Waals surface area contributed by atoms with E-state index in [0.717, 1.165) is 30.4 Å². The molecular formula is C29H30N6O5. The van der Waals surface area contributed by atoms with Gasteiger partial charge in [-0.25, -0.2) is 9.67 Å². The number of amides is 4. The Hall–Kier alpha value is -4.54. The zero-order chi connectivity index (χ0) is 27.6. The van der Waals surface area contributed by atoms with Crippen LogP contribution in [-0.2, 0) is 22.7 Å². The molecule has 2 saturated heterocycles. The quantitative estimate of drug-likeness (QED) is 0.454. The van der Waals surface area contributed by atoms with Gasteiger partial charge in [0.25, 0.3) is 11.8 Å². The maximum Gasteiger partial charge on any atom is 0.255 e. The van der Waals surface area contributed by atoms with Gasteiger partial charge in [-0.05, 0) is 61.1 Å². The molecule has 2 fully saturated rings. The summed E-state index contributed by atoms with van der Waals surface area (Å²) in [6, 6.07) is 12.2. The van der Waals surface area contributed by atoms with Crippen LogP contribution in [0.25, 0.3) is 0 Å². The van der Waals surface area contributed by atoms with Gasteiger partial charge in [0, 0.05) is 30.6 Å². The second-order valence-corrected chi connectivity index (χ2v) is 10.4. The monoisotopic (exact) mass is 542 g/mol. The van der Waals surface area contributed by atoms with Crippen LogP contribution >= 0.6 is 0 Å². The van der Waals surface area contributed by atoms with E-state index >= 15 is 0 Å². The summed E-state index contributed by atoms with van der Waals surface area (Å²) < 4.78 is 7.88. The topological polar surface area (TPSA) is 127 Å². The average Bonchev–Trinajstić information content (AvgIpc) is 3.59. The lowest BCUT2D eigenvalue weighted by molar-refractivity contribution is -0.136. The number of hydrogen-bond acceptors (Lipinski definition) is 7. The van der Waals surface area contributed by atoms with Crippen molar-refractivity contribution >= 4 is 23.6 Å². The summed E-state index contributed by atoms with van der Waals surface area (Å²) in [7, 11) is 0. The molecule has 206 valence electrons. The van der Waals surface area contributed by atoms with E-state index in [-0.39, 0.29) is 36.7 Å². The van der Waals surface area contributed by atoms with Crippen LogP contribution in [0.4, 0.5) is 0 Å². The number of aromatic nitrogens is 3. The second-order valence-electron chi connectivity index (χ2n) is 10.4. The molecule has 2 aromatic carbocycles. The van der Waals surface area contributed by atoms with Gasteiger partial charge in [0.2, 0.25) is 11.8 Å². The third kappa shape index (κ3) is 5.06. The molecule has 4 amide bonds. The Morgan fingerprint density at radius 2 is 1.95 bits per heavy atom. The van der Waals surface area contributed by atoms with Crippen LogP contribution in [0.5, 0.6) is 5.75 Å². The highest BCUT2D eigenvalue weighted by Gasteiger charge is 2.39. The SMILES string of the molecule is O=C1CCC(N2Cc3cc(OC[C@@H]4CCCCN4C(=O)c4ccccc4Cn4cncn4)ccc3C2=O)C(=O)N1. The predicted molar refractivity (Wildman–Crippen MR) is 142 cm³/mol. The van der Waals surface area contributed by atoms with Crippen molar-refractivity contribution < 1.29 is 23.9 Å². The van der Waals surface area contributed by atoms with E-state index in [0.29, 0.717) is 43.0 Å². The minimum atomic E-state index is -0.656. The molecule has 0 bridgehead atoms. The zero-order valence-electron chi connectivity index (χ0n) is 22.0. The third-order valence-electron chi connectivity index (χ3n) is 7.87. The van der Waals surface area contributed by atoms with Crippen LogP contribution < -0.4 is 10.1 Å². The molecule has 6 rings (SSSR count). The van der Waals surface area contributed by atoms with Gasteiger partial charge in [-0.15, -0.1) is 0 Å². The van der Waals surface area contributed by atoms with E-state index in [1.165, 1.54) is 11.2 Å². The van der Waals surface area contributed by atoms with Crippen LogP contribution in [0.15, 0.2) is 55.1 Å². The molecule has 0 saturated carbocycles. The highest BCUT2D eigenvalue weighted by atomic mass is 16.5. The number of imide groups is 1. The fourth-order valence-corrected chi connectivity index (χ4v) is 5.78. The number of likely N-dealkylation sites (tertiary alicyclic amines) is 1. The Morgan fingerprint density at radius 1 is 1.07 bits per heavy atom. The van der Waals surface area contributed by atoms with Crippen molar-refractivity contribution in [2.24, 2.45) is 0 Å². The molecule has 40 heavy (non-hydrogen) atoms. The van der Waals surface area contributed by atoms with Gasteiger partial charge < -0.3 is 14.5 Å². The summed E-state index contributed by atoms with van der Waals surface area (Å²) in [4.78, 5) is 58.0. The van der Waals surface area contributed by atoms with Crippen LogP contribution in [0.3, 0.4) is 0 Å². The predicted octanol–water partition coefficient (Wildman–Crippen LogP) is 2.16. The number of nitrogens with one attached hydrogen (secondary N) is 1. The third-order valence-corrected chi connectivity index (χ3v) is 7.87.